The highest BCUT2D eigenvalue weighted by atomic mass is 16.5. The molecule has 0 spiro atoms. The topological polar surface area (TPSA) is 88.2 Å². The van der Waals surface area contributed by atoms with Crippen molar-refractivity contribution in [1.29, 1.82) is 0 Å². The second kappa shape index (κ2) is 10.9. The van der Waals surface area contributed by atoms with Crippen LogP contribution in [0.1, 0.15) is 49.1 Å². The third-order valence-electron chi connectivity index (χ3n) is 6.61. The summed E-state index contributed by atoms with van der Waals surface area (Å²) in [5.41, 5.74) is 3.49. The summed E-state index contributed by atoms with van der Waals surface area (Å²) < 4.78 is 10.9. The number of hydrogen-bond donors (Lipinski definition) is 1. The smallest absolute Gasteiger partial charge is 0.266 e. The minimum absolute atomic E-state index is 0.222. The van der Waals surface area contributed by atoms with E-state index in [9.17, 15) is 14.4 Å². The summed E-state index contributed by atoms with van der Waals surface area (Å²) in [5.74, 6) is -0.500. The van der Waals surface area contributed by atoms with Crippen molar-refractivity contribution < 1.29 is 23.9 Å². The average molecular weight is 500 g/mol. The van der Waals surface area contributed by atoms with Gasteiger partial charge in [0, 0.05) is 31.7 Å². The zero-order chi connectivity index (χ0) is 25.8. The van der Waals surface area contributed by atoms with Crippen LogP contribution in [0.5, 0.6) is 5.75 Å². The molecule has 0 saturated carbocycles. The predicted octanol–water partition coefficient (Wildman–Crippen LogP) is 3.65. The first kappa shape index (κ1) is 24.7. The van der Waals surface area contributed by atoms with Gasteiger partial charge in [0.25, 0.3) is 17.7 Å². The fourth-order valence-electron chi connectivity index (χ4n) is 4.64. The molecule has 37 heavy (non-hydrogen) atoms. The van der Waals surface area contributed by atoms with Crippen molar-refractivity contribution in [1.82, 2.24) is 10.2 Å². The molecule has 0 radical (unpaired) electrons. The first-order valence-corrected chi connectivity index (χ1v) is 12.5. The van der Waals surface area contributed by atoms with E-state index < -0.39 is 11.8 Å². The Balaban J connectivity index is 1.28. The normalized spacial score (nSPS) is 15.5. The molecule has 0 bridgehead atoms. The van der Waals surface area contributed by atoms with Crippen molar-refractivity contribution in [2.45, 2.75) is 20.0 Å². The number of morpholine rings is 1. The molecule has 190 valence electrons. The van der Waals surface area contributed by atoms with Gasteiger partial charge in [0.1, 0.15) is 5.75 Å². The van der Waals surface area contributed by atoms with Gasteiger partial charge in [0.05, 0.1) is 36.6 Å². The summed E-state index contributed by atoms with van der Waals surface area (Å²) in [6.07, 6.45) is 0. The van der Waals surface area contributed by atoms with Gasteiger partial charge in [0.2, 0.25) is 0 Å². The number of imide groups is 1. The van der Waals surface area contributed by atoms with Crippen molar-refractivity contribution in [2.24, 2.45) is 0 Å². The Labute approximate surface area is 215 Å². The first-order valence-electron chi connectivity index (χ1n) is 12.5. The zero-order valence-electron chi connectivity index (χ0n) is 20.7. The second-order valence-electron chi connectivity index (χ2n) is 8.97. The number of rotatable bonds is 8. The van der Waals surface area contributed by atoms with Crippen molar-refractivity contribution in [2.75, 3.05) is 37.8 Å². The molecule has 2 heterocycles. The highest BCUT2D eigenvalue weighted by molar-refractivity contribution is 6.34. The lowest BCUT2D eigenvalue weighted by Crippen LogP contribution is -2.36. The predicted molar refractivity (Wildman–Crippen MR) is 139 cm³/mol. The number of carbonyl (C=O) groups excluding carboxylic acids is 3. The Morgan fingerprint density at radius 2 is 1.62 bits per heavy atom. The molecule has 3 aromatic rings. The Kier molecular flexibility index (Phi) is 7.30. The Hall–Kier alpha value is -4.01. The maximum atomic E-state index is 13.1. The van der Waals surface area contributed by atoms with Crippen molar-refractivity contribution in [3.63, 3.8) is 0 Å². The van der Waals surface area contributed by atoms with E-state index in [1.165, 1.54) is 6.07 Å². The number of benzene rings is 3. The molecule has 0 aromatic heterocycles. The van der Waals surface area contributed by atoms with Crippen LogP contribution in [0.25, 0.3) is 0 Å². The molecule has 0 atom stereocenters. The molecule has 8 heteroatoms. The molecule has 0 aliphatic carbocycles. The van der Waals surface area contributed by atoms with E-state index in [0.29, 0.717) is 30.2 Å². The maximum absolute atomic E-state index is 13.1. The molecule has 1 fully saturated rings. The fourth-order valence-corrected chi connectivity index (χ4v) is 4.64. The molecule has 0 unspecified atom stereocenters. The molecule has 3 aromatic carbocycles. The van der Waals surface area contributed by atoms with E-state index in [0.717, 1.165) is 48.9 Å². The summed E-state index contributed by atoms with van der Waals surface area (Å²) in [4.78, 5) is 42.6. The van der Waals surface area contributed by atoms with Crippen molar-refractivity contribution in [3.05, 3.63) is 94.5 Å². The fraction of sp³-hybridized carbons (Fsp3) is 0.276. The van der Waals surface area contributed by atoms with Crippen LogP contribution in [-0.4, -0.2) is 55.5 Å². The number of nitrogens with zero attached hydrogens (tertiary/aromatic N) is 2. The van der Waals surface area contributed by atoms with Crippen LogP contribution >= 0.6 is 0 Å². The summed E-state index contributed by atoms with van der Waals surface area (Å²) in [6, 6.07) is 19.5. The number of amides is 3. The minimum atomic E-state index is -0.449. The lowest BCUT2D eigenvalue weighted by atomic mass is 10.0. The highest BCUT2D eigenvalue weighted by Gasteiger charge is 2.37. The number of ether oxygens (including phenoxy) is 2. The molecule has 8 nitrogen and oxygen atoms in total. The third-order valence-corrected chi connectivity index (χ3v) is 6.61. The largest absolute Gasteiger partial charge is 0.494 e. The Bertz CT molecular complexity index is 1320. The Morgan fingerprint density at radius 1 is 0.919 bits per heavy atom. The van der Waals surface area contributed by atoms with Crippen LogP contribution in [0, 0.1) is 0 Å². The minimum Gasteiger partial charge on any atom is -0.494 e. The lowest BCUT2D eigenvalue weighted by Gasteiger charge is -2.27. The van der Waals surface area contributed by atoms with E-state index in [1.807, 2.05) is 25.1 Å². The number of anilines is 1. The second-order valence-corrected chi connectivity index (χ2v) is 8.97. The van der Waals surface area contributed by atoms with Crippen molar-refractivity contribution >= 4 is 23.4 Å². The van der Waals surface area contributed by atoms with E-state index >= 15 is 0 Å². The Morgan fingerprint density at radius 3 is 2.35 bits per heavy atom. The highest BCUT2D eigenvalue weighted by Crippen LogP contribution is 2.30. The SMILES string of the molecule is CCOc1ccc(N2C(=O)c3ccc(C(=O)NCc4ccccc4CN4CCOCC4)cc3C2=O)cc1. The molecule has 1 saturated heterocycles. The number of fused-ring (bicyclic) bond motifs is 1. The molecular weight excluding hydrogens is 470 g/mol. The zero-order valence-corrected chi connectivity index (χ0v) is 20.7. The van der Waals surface area contributed by atoms with Gasteiger partial charge in [0.15, 0.2) is 0 Å². The van der Waals surface area contributed by atoms with Crippen LogP contribution in [0.2, 0.25) is 0 Å². The molecular formula is C29H29N3O5. The van der Waals surface area contributed by atoms with Gasteiger partial charge in [-0.15, -0.1) is 0 Å². The number of nitrogens with one attached hydrogen (secondary N) is 1. The van der Waals surface area contributed by atoms with Gasteiger partial charge in [-0.05, 0) is 60.5 Å². The van der Waals surface area contributed by atoms with Crippen LogP contribution in [-0.2, 0) is 17.8 Å². The number of hydrogen-bond acceptors (Lipinski definition) is 6. The summed E-state index contributed by atoms with van der Waals surface area (Å²) in [5, 5.41) is 2.97. The molecule has 5 rings (SSSR count). The van der Waals surface area contributed by atoms with Crippen LogP contribution in [0.15, 0.2) is 66.7 Å². The standard InChI is InChI=1S/C29H29N3O5/c1-2-37-24-10-8-23(9-11-24)32-28(34)25-12-7-20(17-26(25)29(32)35)27(33)30-18-21-5-3-4-6-22(21)19-31-13-15-36-16-14-31/h3-12,17H,2,13-16,18-19H2,1H3,(H,30,33). The van der Waals surface area contributed by atoms with E-state index in [2.05, 4.69) is 16.3 Å². The van der Waals surface area contributed by atoms with E-state index in [4.69, 9.17) is 9.47 Å². The molecule has 2 aliphatic heterocycles. The van der Waals surface area contributed by atoms with Gasteiger partial charge in [-0.25, -0.2) is 4.90 Å². The molecule has 1 N–H and O–H groups in total. The van der Waals surface area contributed by atoms with Crippen molar-refractivity contribution in [3.8, 4) is 5.75 Å². The first-order chi connectivity index (χ1) is 18.0. The molecule has 2 aliphatic rings. The van der Waals surface area contributed by atoms with E-state index in [-0.39, 0.29) is 17.0 Å². The van der Waals surface area contributed by atoms with Gasteiger partial charge < -0.3 is 14.8 Å². The monoisotopic (exact) mass is 499 g/mol. The lowest BCUT2D eigenvalue weighted by molar-refractivity contribution is 0.0340. The third kappa shape index (κ3) is 5.26. The van der Waals surface area contributed by atoms with Gasteiger partial charge in [-0.3, -0.25) is 19.3 Å². The van der Waals surface area contributed by atoms with Crippen LogP contribution in [0.4, 0.5) is 5.69 Å². The number of carbonyl (C=O) groups is 3. The van der Waals surface area contributed by atoms with Gasteiger partial charge in [-0.1, -0.05) is 24.3 Å². The molecule has 3 amide bonds. The summed E-state index contributed by atoms with van der Waals surface area (Å²) >= 11 is 0. The van der Waals surface area contributed by atoms with Gasteiger partial charge in [-0.2, -0.15) is 0 Å². The van der Waals surface area contributed by atoms with Crippen LogP contribution in [0.3, 0.4) is 0 Å². The average Bonchev–Trinajstić information content (AvgIpc) is 3.18. The van der Waals surface area contributed by atoms with E-state index in [1.54, 1.807) is 36.4 Å². The quantitative estimate of drug-likeness (QED) is 0.476. The summed E-state index contributed by atoms with van der Waals surface area (Å²) in [6.45, 7) is 6.80. The summed E-state index contributed by atoms with van der Waals surface area (Å²) in [7, 11) is 0. The van der Waals surface area contributed by atoms with Crippen LogP contribution < -0.4 is 15.0 Å². The van der Waals surface area contributed by atoms with Gasteiger partial charge >= 0.3 is 0 Å². The maximum Gasteiger partial charge on any atom is 0.266 e.